The lowest BCUT2D eigenvalue weighted by atomic mass is 9.93. The zero-order chi connectivity index (χ0) is 18.4. The third-order valence-corrected chi connectivity index (χ3v) is 4.93. The first kappa shape index (κ1) is 15.8. The number of carbonyl (C=O) groups excluding carboxylic acids is 1. The van der Waals surface area contributed by atoms with E-state index in [1.54, 1.807) is 23.1 Å². The molecular formula is C19H14N4O3. The van der Waals surface area contributed by atoms with Crippen molar-refractivity contribution in [1.82, 2.24) is 0 Å². The number of anilines is 2. The molecule has 0 radical (unpaired) electrons. The van der Waals surface area contributed by atoms with Crippen LogP contribution in [-0.4, -0.2) is 23.9 Å². The Kier molecular flexibility index (Phi) is 3.48. The molecule has 0 spiro atoms. The van der Waals surface area contributed by atoms with Gasteiger partial charge >= 0.3 is 0 Å². The highest BCUT2D eigenvalue weighted by molar-refractivity contribution is 6.10. The summed E-state index contributed by atoms with van der Waals surface area (Å²) in [4.78, 5) is 27.0. The molecule has 0 N–H and O–H groups in total. The molecule has 2 atom stereocenters. The van der Waals surface area contributed by atoms with Crippen molar-refractivity contribution in [2.45, 2.75) is 12.1 Å². The van der Waals surface area contributed by atoms with E-state index >= 15 is 0 Å². The summed E-state index contributed by atoms with van der Waals surface area (Å²) in [6, 6.07) is 15.1. The summed E-state index contributed by atoms with van der Waals surface area (Å²) in [5.74, 6) is -0.396. The van der Waals surface area contributed by atoms with E-state index in [4.69, 9.17) is 0 Å². The molecular weight excluding hydrogens is 332 g/mol. The molecule has 0 aliphatic carbocycles. The van der Waals surface area contributed by atoms with E-state index < -0.39 is 10.8 Å². The number of benzene rings is 2. The normalized spacial score (nSPS) is 20.9. The number of fused-ring (bicyclic) bond motifs is 3. The molecule has 128 valence electrons. The van der Waals surface area contributed by atoms with Crippen LogP contribution in [0, 0.1) is 21.4 Å². The fourth-order valence-electron chi connectivity index (χ4n) is 3.71. The van der Waals surface area contributed by atoms with Crippen molar-refractivity contribution < 1.29 is 9.72 Å². The summed E-state index contributed by atoms with van der Waals surface area (Å²) in [6.07, 6.45) is 1.70. The molecule has 2 aromatic carbocycles. The number of nitro groups is 1. The zero-order valence-corrected chi connectivity index (χ0v) is 13.9. The first-order valence-corrected chi connectivity index (χ1v) is 8.04. The third kappa shape index (κ3) is 2.16. The van der Waals surface area contributed by atoms with Gasteiger partial charge in [-0.15, -0.1) is 0 Å². The minimum absolute atomic E-state index is 0.0465. The van der Waals surface area contributed by atoms with Gasteiger partial charge in [-0.2, -0.15) is 5.26 Å². The van der Waals surface area contributed by atoms with Gasteiger partial charge in [-0.1, -0.05) is 18.2 Å². The fraction of sp³-hybridized carbons (Fsp3) is 0.158. The second-order valence-corrected chi connectivity index (χ2v) is 6.25. The predicted molar refractivity (Wildman–Crippen MR) is 95.7 cm³/mol. The number of nitriles is 1. The maximum atomic E-state index is 12.9. The number of non-ortho nitro benzene ring substituents is 1. The molecule has 0 saturated heterocycles. The maximum absolute atomic E-state index is 12.9. The van der Waals surface area contributed by atoms with Gasteiger partial charge in [0.2, 0.25) is 0 Å². The maximum Gasteiger partial charge on any atom is 0.269 e. The van der Waals surface area contributed by atoms with Crippen LogP contribution in [0.1, 0.15) is 11.6 Å². The quantitative estimate of drug-likeness (QED) is 0.616. The van der Waals surface area contributed by atoms with Gasteiger partial charge in [-0.25, -0.2) is 0 Å². The number of amides is 1. The molecule has 0 bridgehead atoms. The summed E-state index contributed by atoms with van der Waals surface area (Å²) in [6.45, 7) is 0. The molecule has 2 unspecified atom stereocenters. The van der Waals surface area contributed by atoms with E-state index in [-0.39, 0.29) is 23.3 Å². The minimum atomic E-state index is -0.482. The second kappa shape index (κ2) is 5.70. The third-order valence-electron chi connectivity index (χ3n) is 4.93. The molecule has 7 nitrogen and oxygen atoms in total. The van der Waals surface area contributed by atoms with Crippen molar-refractivity contribution in [2.75, 3.05) is 16.8 Å². The monoisotopic (exact) mass is 346 g/mol. The molecule has 26 heavy (non-hydrogen) atoms. The minimum Gasteiger partial charge on any atom is -0.365 e. The number of nitro benzene ring substituents is 1. The summed E-state index contributed by atoms with van der Waals surface area (Å²) in [5, 5.41) is 20.3. The van der Waals surface area contributed by atoms with Gasteiger partial charge in [0.25, 0.3) is 11.6 Å². The SMILES string of the molecule is CN1c2ccccc2C2C1C=C(C#N)C(=O)N2c1ccc([N+](=O)[O-])cc1. The Morgan fingerprint density at radius 1 is 1.15 bits per heavy atom. The highest BCUT2D eigenvalue weighted by Gasteiger charge is 2.45. The Hall–Kier alpha value is -3.66. The Labute approximate surface area is 149 Å². The van der Waals surface area contributed by atoms with Crippen molar-refractivity contribution >= 4 is 23.0 Å². The van der Waals surface area contributed by atoms with Crippen LogP contribution in [0.5, 0.6) is 0 Å². The van der Waals surface area contributed by atoms with Crippen LogP contribution in [0.2, 0.25) is 0 Å². The van der Waals surface area contributed by atoms with Crippen LogP contribution >= 0.6 is 0 Å². The summed E-state index contributed by atoms with van der Waals surface area (Å²) < 4.78 is 0. The van der Waals surface area contributed by atoms with E-state index in [9.17, 15) is 20.2 Å². The van der Waals surface area contributed by atoms with Crippen molar-refractivity contribution in [3.8, 4) is 6.07 Å². The Bertz CT molecular complexity index is 991. The largest absolute Gasteiger partial charge is 0.365 e. The molecule has 0 saturated carbocycles. The number of rotatable bonds is 2. The van der Waals surface area contributed by atoms with Crippen LogP contribution in [0.4, 0.5) is 17.1 Å². The van der Waals surface area contributed by atoms with Gasteiger partial charge in [-0.05, 0) is 24.3 Å². The first-order chi connectivity index (χ1) is 12.5. The average Bonchev–Trinajstić information content (AvgIpc) is 2.94. The van der Waals surface area contributed by atoms with E-state index in [1.165, 1.54) is 12.1 Å². The standard InChI is InChI=1S/C19H14N4O3/c1-21-16-5-3-2-4-15(16)18-17(21)10-12(11-20)19(24)22(18)13-6-8-14(9-7-13)23(25)26/h2-10,17-18H,1H3. The number of nitrogens with zero attached hydrogens (tertiary/aromatic N) is 4. The van der Waals surface area contributed by atoms with E-state index in [2.05, 4.69) is 0 Å². The molecule has 2 aliphatic heterocycles. The molecule has 1 amide bonds. The van der Waals surface area contributed by atoms with Gasteiger partial charge in [-0.3, -0.25) is 19.8 Å². The lowest BCUT2D eigenvalue weighted by Crippen LogP contribution is -2.46. The molecule has 2 aromatic rings. The molecule has 7 heteroatoms. The number of carbonyl (C=O) groups is 1. The average molecular weight is 346 g/mol. The molecule has 0 fully saturated rings. The highest BCUT2D eigenvalue weighted by atomic mass is 16.6. The van der Waals surface area contributed by atoms with Crippen LogP contribution in [0.25, 0.3) is 0 Å². The van der Waals surface area contributed by atoms with Gasteiger partial charge < -0.3 is 4.90 Å². The van der Waals surface area contributed by atoms with Gasteiger partial charge in [0, 0.05) is 36.1 Å². The molecule has 0 aromatic heterocycles. The van der Waals surface area contributed by atoms with Gasteiger partial charge in [0.05, 0.1) is 17.0 Å². The molecule has 2 heterocycles. The lowest BCUT2D eigenvalue weighted by molar-refractivity contribution is -0.384. The smallest absolute Gasteiger partial charge is 0.269 e. The van der Waals surface area contributed by atoms with Crippen LogP contribution < -0.4 is 9.80 Å². The van der Waals surface area contributed by atoms with Crippen molar-refractivity contribution in [3.63, 3.8) is 0 Å². The van der Waals surface area contributed by atoms with Gasteiger partial charge in [0.1, 0.15) is 11.6 Å². The van der Waals surface area contributed by atoms with Crippen LogP contribution in [-0.2, 0) is 4.79 Å². The Morgan fingerprint density at radius 2 is 1.85 bits per heavy atom. The number of hydrogen-bond acceptors (Lipinski definition) is 5. The topological polar surface area (TPSA) is 90.5 Å². The number of hydrogen-bond donors (Lipinski definition) is 0. The summed E-state index contributed by atoms with van der Waals surface area (Å²) in [5.41, 5.74) is 2.54. The predicted octanol–water partition coefficient (Wildman–Crippen LogP) is 2.95. The molecule has 4 rings (SSSR count). The van der Waals surface area contributed by atoms with Crippen molar-refractivity contribution in [3.05, 3.63) is 75.9 Å². The summed E-state index contributed by atoms with van der Waals surface area (Å²) >= 11 is 0. The Balaban J connectivity index is 1.87. The lowest BCUT2D eigenvalue weighted by Gasteiger charge is -2.37. The second-order valence-electron chi connectivity index (χ2n) is 6.25. The van der Waals surface area contributed by atoms with E-state index in [0.717, 1.165) is 11.3 Å². The van der Waals surface area contributed by atoms with E-state index in [1.807, 2.05) is 42.3 Å². The van der Waals surface area contributed by atoms with Crippen molar-refractivity contribution in [2.24, 2.45) is 0 Å². The van der Waals surface area contributed by atoms with Gasteiger partial charge in [0.15, 0.2) is 0 Å². The highest BCUT2D eigenvalue weighted by Crippen LogP contribution is 2.46. The molecule has 2 aliphatic rings. The zero-order valence-electron chi connectivity index (χ0n) is 13.9. The Morgan fingerprint density at radius 3 is 2.50 bits per heavy atom. The van der Waals surface area contributed by atoms with Crippen LogP contribution in [0.15, 0.2) is 60.2 Å². The number of likely N-dealkylation sites (N-methyl/N-ethyl adjacent to an activating group) is 1. The van der Waals surface area contributed by atoms with Crippen molar-refractivity contribution in [1.29, 1.82) is 5.26 Å². The summed E-state index contributed by atoms with van der Waals surface area (Å²) in [7, 11) is 1.93. The van der Waals surface area contributed by atoms with Crippen LogP contribution in [0.3, 0.4) is 0 Å². The first-order valence-electron chi connectivity index (χ1n) is 8.04. The fourth-order valence-corrected chi connectivity index (χ4v) is 3.71. The number of para-hydroxylation sites is 1. The van der Waals surface area contributed by atoms with E-state index in [0.29, 0.717) is 5.69 Å².